The average molecular weight is 353 g/mol. The van der Waals surface area contributed by atoms with Gasteiger partial charge >= 0.3 is 12.0 Å². The van der Waals surface area contributed by atoms with Gasteiger partial charge in [-0.3, -0.25) is 4.79 Å². The Balaban J connectivity index is 2.42. The number of carbonyl (C=O) groups excluding carboxylic acids is 3. The van der Waals surface area contributed by atoms with Crippen LogP contribution in [0, 0.1) is 5.82 Å². The van der Waals surface area contributed by atoms with E-state index in [0.717, 1.165) is 5.56 Å². The van der Waals surface area contributed by atoms with Crippen LogP contribution in [-0.4, -0.2) is 37.1 Å². The van der Waals surface area contributed by atoms with Gasteiger partial charge < -0.3 is 20.7 Å². The Morgan fingerprint density at radius 1 is 1.16 bits per heavy atom. The predicted molar refractivity (Wildman–Crippen MR) is 90.1 cm³/mol. The number of amides is 3. The average Bonchev–Trinajstić information content (AvgIpc) is 2.58. The highest BCUT2D eigenvalue weighted by Gasteiger charge is 2.34. The number of benzene rings is 1. The number of urea groups is 1. The SMILES string of the molecule is CCC[C@](C)(NC(=O)CNC(=O)NCc1ccc(F)cc1)C(=O)OC. The monoisotopic (exact) mass is 353 g/mol. The normalized spacial score (nSPS) is 12.6. The highest BCUT2D eigenvalue weighted by Crippen LogP contribution is 2.14. The third-order valence-corrected chi connectivity index (χ3v) is 3.58. The molecular formula is C17H24FN3O4. The van der Waals surface area contributed by atoms with Crippen LogP contribution in [0.3, 0.4) is 0 Å². The molecule has 0 aliphatic rings. The summed E-state index contributed by atoms with van der Waals surface area (Å²) in [6.45, 7) is 3.37. The zero-order valence-electron chi connectivity index (χ0n) is 14.6. The summed E-state index contributed by atoms with van der Waals surface area (Å²) in [4.78, 5) is 35.5. The lowest BCUT2D eigenvalue weighted by molar-refractivity contribution is -0.150. The van der Waals surface area contributed by atoms with E-state index in [1.54, 1.807) is 19.1 Å². The fourth-order valence-electron chi connectivity index (χ4n) is 2.30. The highest BCUT2D eigenvalue weighted by atomic mass is 19.1. The lowest BCUT2D eigenvalue weighted by Crippen LogP contribution is -2.55. The van der Waals surface area contributed by atoms with Crippen molar-refractivity contribution >= 4 is 17.9 Å². The van der Waals surface area contributed by atoms with E-state index in [9.17, 15) is 18.8 Å². The first-order valence-electron chi connectivity index (χ1n) is 7.96. The molecule has 0 aliphatic heterocycles. The van der Waals surface area contributed by atoms with Crippen LogP contribution in [0.2, 0.25) is 0 Å². The molecule has 3 N–H and O–H groups in total. The van der Waals surface area contributed by atoms with Crippen molar-refractivity contribution in [2.24, 2.45) is 0 Å². The second-order valence-electron chi connectivity index (χ2n) is 5.78. The van der Waals surface area contributed by atoms with Crippen molar-refractivity contribution in [3.8, 4) is 0 Å². The smallest absolute Gasteiger partial charge is 0.331 e. The summed E-state index contributed by atoms with van der Waals surface area (Å²) in [7, 11) is 1.25. The van der Waals surface area contributed by atoms with E-state index in [-0.39, 0.29) is 18.9 Å². The molecule has 1 rings (SSSR count). The molecule has 138 valence electrons. The van der Waals surface area contributed by atoms with Crippen LogP contribution < -0.4 is 16.0 Å². The van der Waals surface area contributed by atoms with E-state index in [2.05, 4.69) is 16.0 Å². The first kappa shape index (κ1) is 20.4. The van der Waals surface area contributed by atoms with Crippen molar-refractivity contribution in [3.63, 3.8) is 0 Å². The Hall–Kier alpha value is -2.64. The molecule has 0 aliphatic carbocycles. The van der Waals surface area contributed by atoms with E-state index < -0.39 is 23.4 Å². The molecule has 0 heterocycles. The molecule has 0 saturated carbocycles. The van der Waals surface area contributed by atoms with Gasteiger partial charge in [-0.1, -0.05) is 25.5 Å². The minimum Gasteiger partial charge on any atom is -0.467 e. The van der Waals surface area contributed by atoms with Gasteiger partial charge in [0.15, 0.2) is 0 Å². The summed E-state index contributed by atoms with van der Waals surface area (Å²) in [5.74, 6) is -1.40. The predicted octanol–water partition coefficient (Wildman–Crippen LogP) is 1.47. The molecule has 1 aromatic rings. The standard InChI is InChI=1S/C17H24FN3O4/c1-4-9-17(2,15(23)25-3)21-14(22)11-20-16(24)19-10-12-5-7-13(18)8-6-12/h5-8H,4,9-11H2,1-3H3,(H,21,22)(H2,19,20,24)/t17-/m0/s1. The number of esters is 1. The second-order valence-corrected chi connectivity index (χ2v) is 5.78. The summed E-state index contributed by atoms with van der Waals surface area (Å²) >= 11 is 0. The minimum atomic E-state index is -1.13. The molecule has 0 fully saturated rings. The summed E-state index contributed by atoms with van der Waals surface area (Å²) in [5, 5.41) is 7.53. The Bertz CT molecular complexity index is 606. The molecule has 0 radical (unpaired) electrons. The van der Waals surface area contributed by atoms with Gasteiger partial charge in [0.25, 0.3) is 0 Å². The Labute approximate surface area is 146 Å². The molecule has 0 spiro atoms. The van der Waals surface area contributed by atoms with Crippen molar-refractivity contribution < 1.29 is 23.5 Å². The molecular weight excluding hydrogens is 329 g/mol. The van der Waals surface area contributed by atoms with Gasteiger partial charge in [0, 0.05) is 6.54 Å². The van der Waals surface area contributed by atoms with Crippen LogP contribution in [0.1, 0.15) is 32.3 Å². The largest absolute Gasteiger partial charge is 0.467 e. The number of nitrogens with one attached hydrogen (secondary N) is 3. The first-order chi connectivity index (χ1) is 11.8. The number of ether oxygens (including phenoxy) is 1. The Kier molecular flexibility index (Phi) is 7.84. The van der Waals surface area contributed by atoms with Gasteiger partial charge in [0.05, 0.1) is 13.7 Å². The number of rotatable bonds is 8. The van der Waals surface area contributed by atoms with Crippen molar-refractivity contribution in [1.82, 2.24) is 16.0 Å². The van der Waals surface area contributed by atoms with Crippen LogP contribution in [-0.2, 0) is 20.9 Å². The number of methoxy groups -OCH3 is 1. The van der Waals surface area contributed by atoms with E-state index in [1.165, 1.54) is 19.2 Å². The quantitative estimate of drug-likeness (QED) is 0.617. The molecule has 0 saturated heterocycles. The zero-order valence-corrected chi connectivity index (χ0v) is 14.6. The third kappa shape index (κ3) is 6.78. The van der Waals surface area contributed by atoms with Crippen LogP contribution in [0.5, 0.6) is 0 Å². The zero-order chi connectivity index (χ0) is 18.9. The van der Waals surface area contributed by atoms with Crippen LogP contribution in [0.15, 0.2) is 24.3 Å². The molecule has 1 atom stereocenters. The third-order valence-electron chi connectivity index (χ3n) is 3.58. The summed E-state index contributed by atoms with van der Waals surface area (Å²) in [6, 6.07) is 5.15. The summed E-state index contributed by atoms with van der Waals surface area (Å²) in [5.41, 5.74) is -0.408. The fourth-order valence-corrected chi connectivity index (χ4v) is 2.30. The molecule has 7 nitrogen and oxygen atoms in total. The van der Waals surface area contributed by atoms with Gasteiger partial charge in [0.1, 0.15) is 11.4 Å². The summed E-state index contributed by atoms with van der Waals surface area (Å²) in [6.07, 6.45) is 1.10. The van der Waals surface area contributed by atoms with E-state index in [4.69, 9.17) is 4.74 Å². The minimum absolute atomic E-state index is 0.198. The van der Waals surface area contributed by atoms with Gasteiger partial charge in [-0.15, -0.1) is 0 Å². The van der Waals surface area contributed by atoms with E-state index in [1.807, 2.05) is 6.92 Å². The molecule has 0 aromatic heterocycles. The van der Waals surface area contributed by atoms with Crippen LogP contribution >= 0.6 is 0 Å². The van der Waals surface area contributed by atoms with E-state index in [0.29, 0.717) is 12.8 Å². The van der Waals surface area contributed by atoms with E-state index >= 15 is 0 Å². The van der Waals surface area contributed by atoms with Crippen molar-refractivity contribution in [3.05, 3.63) is 35.6 Å². The maximum absolute atomic E-state index is 12.8. The lowest BCUT2D eigenvalue weighted by Gasteiger charge is -2.27. The Morgan fingerprint density at radius 3 is 2.36 bits per heavy atom. The van der Waals surface area contributed by atoms with Crippen molar-refractivity contribution in [2.45, 2.75) is 38.8 Å². The van der Waals surface area contributed by atoms with Crippen LogP contribution in [0.25, 0.3) is 0 Å². The Morgan fingerprint density at radius 2 is 1.80 bits per heavy atom. The molecule has 8 heteroatoms. The number of hydrogen-bond donors (Lipinski definition) is 3. The van der Waals surface area contributed by atoms with Gasteiger partial charge in [-0.05, 0) is 31.0 Å². The van der Waals surface area contributed by atoms with Crippen molar-refractivity contribution in [1.29, 1.82) is 0 Å². The van der Waals surface area contributed by atoms with Gasteiger partial charge in [-0.2, -0.15) is 0 Å². The molecule has 0 unspecified atom stereocenters. The fraction of sp³-hybridized carbons (Fsp3) is 0.471. The van der Waals surface area contributed by atoms with Crippen molar-refractivity contribution in [2.75, 3.05) is 13.7 Å². The summed E-state index contributed by atoms with van der Waals surface area (Å²) < 4.78 is 17.5. The van der Waals surface area contributed by atoms with Crippen LogP contribution in [0.4, 0.5) is 9.18 Å². The molecule has 1 aromatic carbocycles. The lowest BCUT2D eigenvalue weighted by atomic mass is 9.96. The van der Waals surface area contributed by atoms with Gasteiger partial charge in [-0.25, -0.2) is 14.0 Å². The first-order valence-corrected chi connectivity index (χ1v) is 7.96. The maximum atomic E-state index is 12.8. The second kappa shape index (κ2) is 9.61. The topological polar surface area (TPSA) is 96.5 Å². The number of halogens is 1. The molecule has 0 bridgehead atoms. The maximum Gasteiger partial charge on any atom is 0.331 e. The number of carbonyl (C=O) groups is 3. The van der Waals surface area contributed by atoms with Gasteiger partial charge in [0.2, 0.25) is 5.91 Å². The molecule has 25 heavy (non-hydrogen) atoms. The highest BCUT2D eigenvalue weighted by molar-refractivity contribution is 5.90. The number of hydrogen-bond acceptors (Lipinski definition) is 4. The molecule has 3 amide bonds.